The maximum Gasteiger partial charge on any atom is 0.409 e. The third-order valence-electron chi connectivity index (χ3n) is 4.23. The van der Waals surface area contributed by atoms with Crippen molar-refractivity contribution in [2.75, 3.05) is 26.2 Å². The molecule has 128 valence electrons. The summed E-state index contributed by atoms with van der Waals surface area (Å²) in [5.41, 5.74) is -0.0746. The van der Waals surface area contributed by atoms with Crippen molar-refractivity contribution in [3.05, 3.63) is 40.8 Å². The molecule has 2 heterocycles. The molecule has 1 aromatic heterocycles. The second-order valence-corrected chi connectivity index (χ2v) is 5.84. The number of aromatic nitrogens is 2. The number of fused-ring (bicyclic) bond motifs is 1. The number of rotatable bonds is 5. The Morgan fingerprint density at radius 2 is 2.25 bits per heavy atom. The monoisotopic (exact) mass is 330 g/mol. The lowest BCUT2D eigenvalue weighted by Crippen LogP contribution is -2.38. The number of hydrogen-bond acceptors (Lipinski definition) is 5. The SMILES string of the molecule is CCOC(=O)N1CC[C@H](NCCn2ncc3ccccc3c2=O)C1. The van der Waals surface area contributed by atoms with Gasteiger partial charge in [-0.1, -0.05) is 18.2 Å². The van der Waals surface area contributed by atoms with E-state index in [1.807, 2.05) is 24.3 Å². The van der Waals surface area contributed by atoms with Crippen LogP contribution in [0.3, 0.4) is 0 Å². The van der Waals surface area contributed by atoms with Crippen LogP contribution in [0.1, 0.15) is 13.3 Å². The number of nitrogens with zero attached hydrogens (tertiary/aromatic N) is 3. The van der Waals surface area contributed by atoms with Crippen molar-refractivity contribution in [1.82, 2.24) is 20.0 Å². The van der Waals surface area contributed by atoms with Crippen LogP contribution in [0, 0.1) is 0 Å². The summed E-state index contributed by atoms with van der Waals surface area (Å²) < 4.78 is 6.49. The molecule has 2 aromatic rings. The molecule has 1 N–H and O–H groups in total. The van der Waals surface area contributed by atoms with E-state index >= 15 is 0 Å². The standard InChI is InChI=1S/C17H22N4O3/c1-2-24-17(23)20-9-7-14(12-20)18-8-10-21-16(22)15-6-4-3-5-13(15)11-19-21/h3-6,11,14,18H,2,7-10,12H2,1H3/t14-/m0/s1. The Morgan fingerprint density at radius 1 is 1.42 bits per heavy atom. The highest BCUT2D eigenvalue weighted by molar-refractivity contribution is 5.80. The maximum atomic E-state index is 12.4. The molecule has 1 aliphatic heterocycles. The fourth-order valence-corrected chi connectivity index (χ4v) is 2.97. The van der Waals surface area contributed by atoms with Gasteiger partial charge in [0.1, 0.15) is 0 Å². The number of nitrogens with one attached hydrogen (secondary N) is 1. The highest BCUT2D eigenvalue weighted by Crippen LogP contribution is 2.10. The van der Waals surface area contributed by atoms with Gasteiger partial charge in [-0.25, -0.2) is 9.48 Å². The zero-order valence-electron chi connectivity index (χ0n) is 13.8. The molecular formula is C17H22N4O3. The molecule has 7 heteroatoms. The van der Waals surface area contributed by atoms with Crippen LogP contribution < -0.4 is 10.9 Å². The normalized spacial score (nSPS) is 17.4. The summed E-state index contributed by atoms with van der Waals surface area (Å²) >= 11 is 0. The van der Waals surface area contributed by atoms with Gasteiger partial charge in [-0.2, -0.15) is 5.10 Å². The van der Waals surface area contributed by atoms with Crippen LogP contribution >= 0.6 is 0 Å². The average Bonchev–Trinajstić information content (AvgIpc) is 3.06. The van der Waals surface area contributed by atoms with Crippen LogP contribution in [0.25, 0.3) is 10.8 Å². The van der Waals surface area contributed by atoms with Crippen LogP contribution in [0.5, 0.6) is 0 Å². The van der Waals surface area contributed by atoms with E-state index < -0.39 is 0 Å². The van der Waals surface area contributed by atoms with Crippen molar-refractivity contribution in [3.63, 3.8) is 0 Å². The number of likely N-dealkylation sites (tertiary alicyclic amines) is 1. The zero-order chi connectivity index (χ0) is 16.9. The van der Waals surface area contributed by atoms with Gasteiger partial charge in [0.25, 0.3) is 5.56 Å². The predicted molar refractivity (Wildman–Crippen MR) is 91.0 cm³/mol. The Morgan fingerprint density at radius 3 is 3.08 bits per heavy atom. The van der Waals surface area contributed by atoms with E-state index in [0.29, 0.717) is 38.2 Å². The van der Waals surface area contributed by atoms with E-state index in [0.717, 1.165) is 11.8 Å². The maximum absolute atomic E-state index is 12.4. The topological polar surface area (TPSA) is 76.5 Å². The summed E-state index contributed by atoms with van der Waals surface area (Å²) in [6, 6.07) is 7.68. The first-order valence-corrected chi connectivity index (χ1v) is 8.29. The van der Waals surface area contributed by atoms with Crippen LogP contribution in [-0.2, 0) is 11.3 Å². The molecule has 1 saturated heterocycles. The number of hydrogen-bond donors (Lipinski definition) is 1. The van der Waals surface area contributed by atoms with Crippen molar-refractivity contribution in [3.8, 4) is 0 Å². The summed E-state index contributed by atoms with van der Waals surface area (Å²) in [5, 5.41) is 9.14. The number of carbonyl (C=O) groups excluding carboxylic acids is 1. The Balaban J connectivity index is 1.53. The van der Waals surface area contributed by atoms with Gasteiger partial charge in [0, 0.05) is 31.1 Å². The predicted octanol–water partition coefficient (Wildman–Crippen LogP) is 1.22. The average molecular weight is 330 g/mol. The Hall–Kier alpha value is -2.41. The van der Waals surface area contributed by atoms with Crippen LogP contribution in [0.4, 0.5) is 4.79 Å². The molecule has 3 rings (SSSR count). The highest BCUT2D eigenvalue weighted by atomic mass is 16.6. The molecule has 0 bridgehead atoms. The zero-order valence-corrected chi connectivity index (χ0v) is 13.8. The molecule has 0 radical (unpaired) electrons. The first kappa shape index (κ1) is 16.4. The molecule has 1 amide bonds. The van der Waals surface area contributed by atoms with Gasteiger partial charge < -0.3 is 15.0 Å². The molecule has 1 aliphatic rings. The van der Waals surface area contributed by atoms with Crippen LogP contribution in [0.2, 0.25) is 0 Å². The number of carbonyl (C=O) groups is 1. The largest absolute Gasteiger partial charge is 0.450 e. The van der Waals surface area contributed by atoms with Gasteiger partial charge in [0.2, 0.25) is 0 Å². The van der Waals surface area contributed by atoms with E-state index in [-0.39, 0.29) is 17.7 Å². The molecule has 1 aromatic carbocycles. The number of benzene rings is 1. The van der Waals surface area contributed by atoms with Crippen LogP contribution in [-0.4, -0.2) is 53.1 Å². The smallest absolute Gasteiger partial charge is 0.409 e. The summed E-state index contributed by atoms with van der Waals surface area (Å²) in [5.74, 6) is 0. The molecule has 1 atom stereocenters. The molecule has 0 unspecified atom stereocenters. The van der Waals surface area contributed by atoms with Gasteiger partial charge in [-0.15, -0.1) is 0 Å². The van der Waals surface area contributed by atoms with E-state index in [1.165, 1.54) is 4.68 Å². The first-order valence-electron chi connectivity index (χ1n) is 8.29. The highest BCUT2D eigenvalue weighted by Gasteiger charge is 2.26. The van der Waals surface area contributed by atoms with Gasteiger partial charge >= 0.3 is 6.09 Å². The third kappa shape index (κ3) is 3.56. The Bertz CT molecular complexity index is 774. The second kappa shape index (κ2) is 7.44. The molecule has 24 heavy (non-hydrogen) atoms. The van der Waals surface area contributed by atoms with Gasteiger partial charge in [0.15, 0.2) is 0 Å². The van der Waals surface area contributed by atoms with E-state index in [2.05, 4.69) is 10.4 Å². The van der Waals surface area contributed by atoms with Crippen molar-refractivity contribution in [1.29, 1.82) is 0 Å². The van der Waals surface area contributed by atoms with Gasteiger partial charge in [0.05, 0.1) is 24.7 Å². The summed E-state index contributed by atoms with van der Waals surface area (Å²) in [7, 11) is 0. The Labute approximate surface area is 140 Å². The van der Waals surface area contributed by atoms with Gasteiger partial charge in [-0.05, 0) is 19.4 Å². The van der Waals surface area contributed by atoms with Crippen molar-refractivity contribution < 1.29 is 9.53 Å². The third-order valence-corrected chi connectivity index (χ3v) is 4.23. The lowest BCUT2D eigenvalue weighted by molar-refractivity contribution is 0.115. The van der Waals surface area contributed by atoms with E-state index in [4.69, 9.17) is 4.74 Å². The lowest BCUT2D eigenvalue weighted by atomic mass is 10.2. The minimum Gasteiger partial charge on any atom is -0.450 e. The Kier molecular flexibility index (Phi) is 5.10. The van der Waals surface area contributed by atoms with Crippen LogP contribution in [0.15, 0.2) is 35.3 Å². The molecule has 7 nitrogen and oxygen atoms in total. The molecule has 0 aliphatic carbocycles. The summed E-state index contributed by atoms with van der Waals surface area (Å²) in [6.07, 6.45) is 2.35. The lowest BCUT2D eigenvalue weighted by Gasteiger charge is -2.16. The minimum absolute atomic E-state index is 0.0746. The molecule has 1 fully saturated rings. The first-order chi connectivity index (χ1) is 11.7. The summed E-state index contributed by atoms with van der Waals surface area (Å²) in [4.78, 5) is 25.8. The van der Waals surface area contributed by atoms with Gasteiger partial charge in [-0.3, -0.25) is 4.79 Å². The van der Waals surface area contributed by atoms with Crippen molar-refractivity contribution in [2.24, 2.45) is 0 Å². The fraction of sp³-hybridized carbons (Fsp3) is 0.471. The summed E-state index contributed by atoms with van der Waals surface area (Å²) in [6.45, 7) is 4.66. The number of ether oxygens (including phenoxy) is 1. The van der Waals surface area contributed by atoms with E-state index in [9.17, 15) is 9.59 Å². The van der Waals surface area contributed by atoms with Crippen molar-refractivity contribution >= 4 is 16.9 Å². The van der Waals surface area contributed by atoms with Crippen molar-refractivity contribution in [2.45, 2.75) is 25.9 Å². The molecule has 0 saturated carbocycles. The quantitative estimate of drug-likeness (QED) is 0.892. The van der Waals surface area contributed by atoms with E-state index in [1.54, 1.807) is 18.0 Å². The fourth-order valence-electron chi connectivity index (χ4n) is 2.97. The second-order valence-electron chi connectivity index (χ2n) is 5.84. The molecular weight excluding hydrogens is 308 g/mol. The molecule has 0 spiro atoms. The minimum atomic E-state index is -0.255. The number of amides is 1.